The third-order valence-corrected chi connectivity index (χ3v) is 2.33. The van der Waals surface area contributed by atoms with Crippen molar-refractivity contribution >= 4 is 23.0 Å². The zero-order valence-electron chi connectivity index (χ0n) is 10.4. The number of rotatable bonds is 4. The van der Waals surface area contributed by atoms with Crippen molar-refractivity contribution in [2.45, 2.75) is 0 Å². The fourth-order valence-electron chi connectivity index (χ4n) is 1.53. The summed E-state index contributed by atoms with van der Waals surface area (Å²) in [5.41, 5.74) is 0.449. The lowest BCUT2D eigenvalue weighted by Crippen LogP contribution is -2.14. The van der Waals surface area contributed by atoms with Crippen LogP contribution in [0.15, 0.2) is 30.9 Å². The molecule has 8 heteroatoms. The SMILES string of the molecule is CN(C)c1ncnc(Nc2cccnc2)c1[N+](=O)[O-]. The van der Waals surface area contributed by atoms with Crippen molar-refractivity contribution in [3.63, 3.8) is 0 Å². The lowest BCUT2D eigenvalue weighted by molar-refractivity contribution is -0.383. The predicted molar refractivity (Wildman–Crippen MR) is 70.5 cm³/mol. The van der Waals surface area contributed by atoms with Crippen LogP contribution >= 0.6 is 0 Å². The summed E-state index contributed by atoms with van der Waals surface area (Å²) in [6.45, 7) is 0. The van der Waals surface area contributed by atoms with E-state index in [1.54, 1.807) is 43.5 Å². The molecule has 0 aliphatic carbocycles. The molecule has 1 N–H and O–H groups in total. The lowest BCUT2D eigenvalue weighted by Gasteiger charge is -2.13. The Labute approximate surface area is 109 Å². The van der Waals surface area contributed by atoms with Crippen LogP contribution in [-0.4, -0.2) is 34.0 Å². The molecule has 0 aliphatic heterocycles. The zero-order chi connectivity index (χ0) is 13.8. The second kappa shape index (κ2) is 5.25. The molecule has 0 aromatic carbocycles. The summed E-state index contributed by atoms with van der Waals surface area (Å²) in [5.74, 6) is 0.378. The van der Waals surface area contributed by atoms with Crippen molar-refractivity contribution < 1.29 is 4.92 Å². The van der Waals surface area contributed by atoms with Gasteiger partial charge in [-0.2, -0.15) is 0 Å². The van der Waals surface area contributed by atoms with E-state index in [1.165, 1.54) is 6.33 Å². The van der Waals surface area contributed by atoms with Gasteiger partial charge in [0.15, 0.2) is 0 Å². The van der Waals surface area contributed by atoms with Gasteiger partial charge in [-0.1, -0.05) is 0 Å². The van der Waals surface area contributed by atoms with Gasteiger partial charge >= 0.3 is 5.69 Å². The second-order valence-electron chi connectivity index (χ2n) is 3.91. The molecule has 0 amide bonds. The third-order valence-electron chi connectivity index (χ3n) is 2.33. The highest BCUT2D eigenvalue weighted by Gasteiger charge is 2.24. The van der Waals surface area contributed by atoms with Gasteiger partial charge in [-0.05, 0) is 12.1 Å². The molecule has 0 saturated heterocycles. The minimum atomic E-state index is -0.506. The van der Waals surface area contributed by atoms with Crippen LogP contribution in [0.25, 0.3) is 0 Å². The van der Waals surface area contributed by atoms with Crippen molar-refractivity contribution in [2.24, 2.45) is 0 Å². The zero-order valence-corrected chi connectivity index (χ0v) is 10.4. The van der Waals surface area contributed by atoms with Gasteiger partial charge in [0.05, 0.1) is 16.8 Å². The van der Waals surface area contributed by atoms with E-state index in [1.807, 2.05) is 0 Å². The molecule has 0 fully saturated rings. The van der Waals surface area contributed by atoms with Crippen LogP contribution in [0.3, 0.4) is 0 Å². The van der Waals surface area contributed by atoms with E-state index in [0.29, 0.717) is 5.69 Å². The van der Waals surface area contributed by atoms with E-state index in [2.05, 4.69) is 20.3 Å². The fraction of sp³-hybridized carbons (Fsp3) is 0.182. The van der Waals surface area contributed by atoms with Gasteiger partial charge in [0.1, 0.15) is 6.33 Å². The van der Waals surface area contributed by atoms with Gasteiger partial charge in [-0.25, -0.2) is 9.97 Å². The average Bonchev–Trinajstić information content (AvgIpc) is 2.39. The smallest absolute Gasteiger partial charge is 0.353 e. The second-order valence-corrected chi connectivity index (χ2v) is 3.91. The Morgan fingerprint density at radius 2 is 2.16 bits per heavy atom. The molecule has 2 heterocycles. The Balaban J connectivity index is 2.45. The van der Waals surface area contributed by atoms with Crippen molar-refractivity contribution in [3.05, 3.63) is 41.0 Å². The number of nitro groups is 1. The van der Waals surface area contributed by atoms with Crippen LogP contribution in [0.2, 0.25) is 0 Å². The summed E-state index contributed by atoms with van der Waals surface area (Å²) >= 11 is 0. The van der Waals surface area contributed by atoms with Crippen LogP contribution < -0.4 is 10.2 Å². The maximum Gasteiger partial charge on any atom is 0.353 e. The summed E-state index contributed by atoms with van der Waals surface area (Å²) in [6.07, 6.45) is 4.45. The van der Waals surface area contributed by atoms with E-state index in [4.69, 9.17) is 0 Å². The standard InChI is InChI=1S/C11H12N6O2/c1-16(2)11-9(17(18)19)10(13-7-14-11)15-8-4-3-5-12-6-8/h3-7H,1-2H3,(H,13,14,15). The van der Waals surface area contributed by atoms with Crippen molar-refractivity contribution in [3.8, 4) is 0 Å². The van der Waals surface area contributed by atoms with Crippen molar-refractivity contribution in [2.75, 3.05) is 24.3 Å². The molecule has 8 nitrogen and oxygen atoms in total. The lowest BCUT2D eigenvalue weighted by atomic mass is 10.3. The average molecular weight is 260 g/mol. The van der Waals surface area contributed by atoms with E-state index in [9.17, 15) is 10.1 Å². The van der Waals surface area contributed by atoms with Gasteiger partial charge in [0.2, 0.25) is 11.6 Å². The number of aromatic nitrogens is 3. The molecule has 98 valence electrons. The molecule has 2 aromatic heterocycles. The van der Waals surface area contributed by atoms with Gasteiger partial charge in [-0.15, -0.1) is 0 Å². The quantitative estimate of drug-likeness (QED) is 0.658. The summed E-state index contributed by atoms with van der Waals surface area (Å²) in [6, 6.07) is 3.47. The first kappa shape index (κ1) is 12.7. The molecular weight excluding hydrogens is 248 g/mol. The van der Waals surface area contributed by atoms with Gasteiger partial charge in [0.25, 0.3) is 0 Å². The number of anilines is 3. The number of hydrogen-bond donors (Lipinski definition) is 1. The van der Waals surface area contributed by atoms with Gasteiger partial charge in [0, 0.05) is 20.3 Å². The first-order valence-electron chi connectivity index (χ1n) is 5.43. The molecule has 2 aromatic rings. The molecule has 0 bridgehead atoms. The highest BCUT2D eigenvalue weighted by molar-refractivity contribution is 5.73. The summed E-state index contributed by atoms with van der Waals surface area (Å²) in [7, 11) is 3.37. The van der Waals surface area contributed by atoms with Gasteiger partial charge in [-0.3, -0.25) is 15.1 Å². The molecule has 0 saturated carbocycles. The Morgan fingerprint density at radius 3 is 2.74 bits per heavy atom. The van der Waals surface area contributed by atoms with Crippen LogP contribution in [0.5, 0.6) is 0 Å². The molecular formula is C11H12N6O2. The Kier molecular flexibility index (Phi) is 3.51. The monoisotopic (exact) mass is 260 g/mol. The summed E-state index contributed by atoms with van der Waals surface area (Å²) in [4.78, 5) is 24.0. The molecule has 0 unspecified atom stereocenters. The van der Waals surface area contributed by atoms with Crippen LogP contribution in [0, 0.1) is 10.1 Å². The molecule has 19 heavy (non-hydrogen) atoms. The van der Waals surface area contributed by atoms with Crippen LogP contribution in [0.1, 0.15) is 0 Å². The Morgan fingerprint density at radius 1 is 1.37 bits per heavy atom. The number of nitrogens with zero attached hydrogens (tertiary/aromatic N) is 5. The maximum absolute atomic E-state index is 11.2. The first-order chi connectivity index (χ1) is 9.09. The van der Waals surface area contributed by atoms with E-state index in [0.717, 1.165) is 0 Å². The van der Waals surface area contributed by atoms with Crippen molar-refractivity contribution in [1.82, 2.24) is 15.0 Å². The van der Waals surface area contributed by atoms with Crippen LogP contribution in [-0.2, 0) is 0 Å². The Bertz CT molecular complexity index is 587. The molecule has 0 spiro atoms. The summed E-state index contributed by atoms with van der Waals surface area (Å²) in [5, 5.41) is 14.0. The number of nitrogens with one attached hydrogen (secondary N) is 1. The molecule has 0 atom stereocenters. The first-order valence-corrected chi connectivity index (χ1v) is 5.43. The maximum atomic E-state index is 11.2. The van der Waals surface area contributed by atoms with E-state index < -0.39 is 4.92 Å². The minimum absolute atomic E-state index is 0.136. The highest BCUT2D eigenvalue weighted by Crippen LogP contribution is 2.32. The normalized spacial score (nSPS) is 10.0. The molecule has 0 radical (unpaired) electrons. The number of pyridine rings is 1. The van der Waals surface area contributed by atoms with Crippen LogP contribution in [0.4, 0.5) is 23.0 Å². The summed E-state index contributed by atoms with van der Waals surface area (Å²) < 4.78 is 0. The topological polar surface area (TPSA) is 97.1 Å². The largest absolute Gasteiger partial charge is 0.357 e. The highest BCUT2D eigenvalue weighted by atomic mass is 16.6. The fourth-order valence-corrected chi connectivity index (χ4v) is 1.53. The molecule has 0 aliphatic rings. The Hall–Kier alpha value is -2.77. The molecule has 2 rings (SSSR count). The number of hydrogen-bond acceptors (Lipinski definition) is 7. The van der Waals surface area contributed by atoms with Gasteiger partial charge < -0.3 is 10.2 Å². The predicted octanol–water partition coefficient (Wildman–Crippen LogP) is 1.59. The minimum Gasteiger partial charge on any atom is -0.357 e. The van der Waals surface area contributed by atoms with E-state index in [-0.39, 0.29) is 17.3 Å². The van der Waals surface area contributed by atoms with E-state index >= 15 is 0 Å². The van der Waals surface area contributed by atoms with Crippen molar-refractivity contribution in [1.29, 1.82) is 0 Å². The third kappa shape index (κ3) is 2.73.